The van der Waals surface area contributed by atoms with Crippen LogP contribution in [0.15, 0.2) is 40.9 Å². The molecule has 1 aromatic carbocycles. The van der Waals surface area contributed by atoms with E-state index in [0.717, 1.165) is 37.7 Å². The minimum absolute atomic E-state index is 0.0225. The van der Waals surface area contributed by atoms with Gasteiger partial charge in [0.25, 0.3) is 5.91 Å². The number of halogens is 1. The molecule has 0 radical (unpaired) electrons. The molecule has 1 aliphatic heterocycles. The van der Waals surface area contributed by atoms with Crippen LogP contribution in [0.1, 0.15) is 60.2 Å². The maximum absolute atomic E-state index is 13.4. The molecule has 1 N–H and O–H groups in total. The van der Waals surface area contributed by atoms with Crippen molar-refractivity contribution >= 4 is 51.7 Å². The van der Waals surface area contributed by atoms with Crippen LogP contribution in [0, 0.1) is 0 Å². The number of likely N-dealkylation sites (tertiary alicyclic amines) is 1. The Balaban J connectivity index is 1.43. The summed E-state index contributed by atoms with van der Waals surface area (Å²) in [5.74, 6) is -1.25. The number of nitrogens with zero attached hydrogens (tertiary/aromatic N) is 4. The van der Waals surface area contributed by atoms with Gasteiger partial charge in [-0.3, -0.25) is 14.3 Å². The molecule has 3 aromatic heterocycles. The molecule has 1 fully saturated rings. The van der Waals surface area contributed by atoms with Gasteiger partial charge in [0, 0.05) is 43.5 Å². The van der Waals surface area contributed by atoms with Gasteiger partial charge in [-0.1, -0.05) is 16.8 Å². The standard InChI is InChI=1S/C27H28ClN5O5S/c1-15(2)32-10-8-18(9-11-32)29-26(35)25-20-12-17(27(36)37-16(3)34)4-5-21(20)33(30-25)14-19-13-22(38-31-19)23-6-7-24(28)39-23/h4-7,12-13,15,18H,8-11,14H2,1-3H3,(H,29,35). The highest BCUT2D eigenvalue weighted by atomic mass is 35.5. The van der Waals surface area contributed by atoms with Gasteiger partial charge in [0.2, 0.25) is 0 Å². The van der Waals surface area contributed by atoms with Crippen LogP contribution in [0.25, 0.3) is 21.5 Å². The van der Waals surface area contributed by atoms with E-state index in [1.165, 1.54) is 23.5 Å². The highest BCUT2D eigenvalue weighted by Gasteiger charge is 2.26. The fourth-order valence-electron chi connectivity index (χ4n) is 4.70. The Kier molecular flexibility index (Phi) is 7.83. The van der Waals surface area contributed by atoms with Gasteiger partial charge in [0.05, 0.1) is 26.8 Å². The van der Waals surface area contributed by atoms with Crippen LogP contribution in [0.5, 0.6) is 0 Å². The molecule has 0 aliphatic carbocycles. The molecule has 204 valence electrons. The van der Waals surface area contributed by atoms with Crippen molar-refractivity contribution in [3.8, 4) is 10.6 Å². The van der Waals surface area contributed by atoms with Crippen LogP contribution in [-0.2, 0) is 16.1 Å². The van der Waals surface area contributed by atoms with E-state index in [-0.39, 0.29) is 29.8 Å². The number of carbonyl (C=O) groups is 3. The van der Waals surface area contributed by atoms with E-state index in [2.05, 4.69) is 34.3 Å². The van der Waals surface area contributed by atoms with E-state index < -0.39 is 11.9 Å². The molecule has 12 heteroatoms. The van der Waals surface area contributed by atoms with Crippen LogP contribution in [0.4, 0.5) is 0 Å². The molecule has 0 atom stereocenters. The van der Waals surface area contributed by atoms with Crippen molar-refractivity contribution in [2.45, 2.75) is 52.2 Å². The Bertz CT molecular complexity index is 1530. The third kappa shape index (κ3) is 6.05. The first-order valence-corrected chi connectivity index (χ1v) is 13.9. The lowest BCUT2D eigenvalue weighted by atomic mass is 10.0. The number of nitrogens with one attached hydrogen (secondary N) is 1. The van der Waals surface area contributed by atoms with Gasteiger partial charge in [0.1, 0.15) is 5.69 Å². The van der Waals surface area contributed by atoms with Gasteiger partial charge in [-0.2, -0.15) is 5.10 Å². The summed E-state index contributed by atoms with van der Waals surface area (Å²) in [5, 5.41) is 12.4. The number of carbonyl (C=O) groups excluding carboxylic acids is 3. The molecule has 0 unspecified atom stereocenters. The zero-order valence-corrected chi connectivity index (χ0v) is 23.3. The summed E-state index contributed by atoms with van der Waals surface area (Å²) >= 11 is 7.43. The highest BCUT2D eigenvalue weighted by Crippen LogP contribution is 2.32. The maximum Gasteiger partial charge on any atom is 0.345 e. The van der Waals surface area contributed by atoms with Crippen molar-refractivity contribution < 1.29 is 23.6 Å². The average molecular weight is 570 g/mol. The summed E-state index contributed by atoms with van der Waals surface area (Å²) in [6.07, 6.45) is 1.68. The molecule has 0 spiro atoms. The Hall–Kier alpha value is -3.54. The van der Waals surface area contributed by atoms with Gasteiger partial charge in [-0.05, 0) is 57.0 Å². The smallest absolute Gasteiger partial charge is 0.345 e. The van der Waals surface area contributed by atoms with Crippen LogP contribution in [-0.4, -0.2) is 62.9 Å². The van der Waals surface area contributed by atoms with Crippen molar-refractivity contribution in [1.29, 1.82) is 0 Å². The lowest BCUT2D eigenvalue weighted by Gasteiger charge is -2.34. The molecule has 1 aliphatic rings. The summed E-state index contributed by atoms with van der Waals surface area (Å²) < 4.78 is 12.5. The molecule has 0 saturated carbocycles. The maximum atomic E-state index is 13.4. The van der Waals surface area contributed by atoms with E-state index in [1.54, 1.807) is 22.9 Å². The molecule has 1 saturated heterocycles. The largest absolute Gasteiger partial charge is 0.390 e. The van der Waals surface area contributed by atoms with Crippen LogP contribution >= 0.6 is 22.9 Å². The molecule has 0 bridgehead atoms. The second-order valence-corrected chi connectivity index (χ2v) is 11.5. The first-order valence-electron chi connectivity index (χ1n) is 12.7. The van der Waals surface area contributed by atoms with Crippen molar-refractivity contribution in [3.63, 3.8) is 0 Å². The van der Waals surface area contributed by atoms with Gasteiger partial charge in [0.15, 0.2) is 11.5 Å². The van der Waals surface area contributed by atoms with Gasteiger partial charge >= 0.3 is 11.9 Å². The second-order valence-electron chi connectivity index (χ2n) is 9.78. The Morgan fingerprint density at radius 2 is 1.95 bits per heavy atom. The van der Waals surface area contributed by atoms with Crippen molar-refractivity contribution in [3.05, 3.63) is 57.7 Å². The number of ether oxygens (including phenoxy) is 1. The monoisotopic (exact) mass is 569 g/mol. The number of aromatic nitrogens is 3. The van der Waals surface area contributed by atoms with E-state index in [1.807, 2.05) is 6.07 Å². The van der Waals surface area contributed by atoms with Crippen LogP contribution in [0.2, 0.25) is 4.34 Å². The SMILES string of the molecule is CC(=O)OC(=O)c1ccc2c(c1)c(C(=O)NC1CCN(C(C)C)CC1)nn2Cc1cc(-c2ccc(Cl)s2)on1. The fraction of sp³-hybridized carbons (Fsp3) is 0.370. The fourth-order valence-corrected chi connectivity index (χ4v) is 5.69. The molecule has 4 aromatic rings. The van der Waals surface area contributed by atoms with Crippen molar-refractivity contribution in [2.75, 3.05) is 13.1 Å². The number of amides is 1. The lowest BCUT2D eigenvalue weighted by Crippen LogP contribution is -2.46. The Morgan fingerprint density at radius 3 is 2.62 bits per heavy atom. The first-order chi connectivity index (χ1) is 18.7. The molecule has 1 amide bonds. The summed E-state index contributed by atoms with van der Waals surface area (Å²) in [6, 6.07) is 10.7. The van der Waals surface area contributed by atoms with E-state index in [4.69, 9.17) is 20.9 Å². The van der Waals surface area contributed by atoms with Gasteiger partial charge < -0.3 is 19.5 Å². The predicted octanol–water partition coefficient (Wildman–Crippen LogP) is 4.76. The number of hydrogen-bond donors (Lipinski definition) is 1. The summed E-state index contributed by atoms with van der Waals surface area (Å²) in [6.45, 7) is 7.54. The summed E-state index contributed by atoms with van der Waals surface area (Å²) in [4.78, 5) is 40.4. The minimum Gasteiger partial charge on any atom is -0.390 e. The quantitative estimate of drug-likeness (QED) is 0.250. The zero-order valence-electron chi connectivity index (χ0n) is 21.8. The number of hydrogen-bond acceptors (Lipinski definition) is 9. The van der Waals surface area contributed by atoms with E-state index in [9.17, 15) is 14.4 Å². The number of thiophene rings is 1. The number of rotatable bonds is 7. The Labute approximate surface area is 233 Å². The molecule has 4 heterocycles. The third-order valence-corrected chi connectivity index (χ3v) is 7.97. The number of fused-ring (bicyclic) bond motifs is 1. The zero-order chi connectivity index (χ0) is 27.7. The van der Waals surface area contributed by atoms with Gasteiger partial charge in [-0.15, -0.1) is 11.3 Å². The van der Waals surface area contributed by atoms with Crippen LogP contribution in [0.3, 0.4) is 0 Å². The Morgan fingerprint density at radius 1 is 1.18 bits per heavy atom. The normalized spacial score (nSPS) is 14.7. The topological polar surface area (TPSA) is 120 Å². The minimum atomic E-state index is -0.791. The lowest BCUT2D eigenvalue weighted by molar-refractivity contribution is -0.135. The summed E-state index contributed by atoms with van der Waals surface area (Å²) in [7, 11) is 0. The molecular formula is C27H28ClN5O5S. The molecular weight excluding hydrogens is 542 g/mol. The van der Waals surface area contributed by atoms with Crippen molar-refractivity contribution in [1.82, 2.24) is 25.2 Å². The number of esters is 2. The second kappa shape index (κ2) is 11.3. The van der Waals surface area contributed by atoms with Crippen LogP contribution < -0.4 is 5.32 Å². The number of benzene rings is 1. The first kappa shape index (κ1) is 27.0. The molecule has 39 heavy (non-hydrogen) atoms. The average Bonchev–Trinajstić information content (AvgIpc) is 3.63. The highest BCUT2D eigenvalue weighted by molar-refractivity contribution is 7.19. The summed E-state index contributed by atoms with van der Waals surface area (Å²) in [5.41, 5.74) is 1.56. The predicted molar refractivity (Wildman–Crippen MR) is 147 cm³/mol. The number of piperidine rings is 1. The van der Waals surface area contributed by atoms with Crippen molar-refractivity contribution in [2.24, 2.45) is 0 Å². The van der Waals surface area contributed by atoms with Gasteiger partial charge in [-0.25, -0.2) is 4.79 Å². The molecule has 10 nitrogen and oxygen atoms in total. The van der Waals surface area contributed by atoms with E-state index >= 15 is 0 Å². The molecule has 5 rings (SSSR count). The van der Waals surface area contributed by atoms with E-state index in [0.29, 0.717) is 32.7 Å². The third-order valence-electron chi connectivity index (χ3n) is 6.72.